The summed E-state index contributed by atoms with van der Waals surface area (Å²) in [5.41, 5.74) is 2.84. The van der Waals surface area contributed by atoms with Crippen LogP contribution in [0.15, 0.2) is 58.4 Å². The smallest absolute Gasteiger partial charge is 0.233 e. The van der Waals surface area contributed by atoms with E-state index in [-0.39, 0.29) is 0 Å². The van der Waals surface area contributed by atoms with Gasteiger partial charge in [0.2, 0.25) is 11.7 Å². The van der Waals surface area contributed by atoms with Crippen molar-refractivity contribution in [3.05, 3.63) is 69.8 Å². The molecule has 0 aliphatic rings. The van der Waals surface area contributed by atoms with Crippen LogP contribution >= 0.6 is 22.9 Å². The van der Waals surface area contributed by atoms with Crippen LogP contribution < -0.4 is 4.74 Å². The molecule has 2 aromatic heterocycles. The quantitative estimate of drug-likeness (QED) is 0.429. The topological polar surface area (TPSA) is 61.0 Å². The first-order valence-electron chi connectivity index (χ1n) is 8.47. The SMILES string of the molecule is CCOc1ccc(-c2csc(Cc3nc(-c4ccc(Cl)cc4)no3)n2)cc1. The molecule has 27 heavy (non-hydrogen) atoms. The molecule has 5 nitrogen and oxygen atoms in total. The molecule has 4 aromatic rings. The van der Waals surface area contributed by atoms with Gasteiger partial charge in [0.25, 0.3) is 0 Å². The highest BCUT2D eigenvalue weighted by atomic mass is 35.5. The third-order valence-corrected chi connectivity index (χ3v) is 4.99. The van der Waals surface area contributed by atoms with E-state index in [4.69, 9.17) is 20.9 Å². The van der Waals surface area contributed by atoms with E-state index in [2.05, 4.69) is 15.1 Å². The zero-order valence-corrected chi connectivity index (χ0v) is 16.1. The predicted octanol–water partition coefficient (Wildman–Crippen LogP) is 5.50. The number of hydrogen-bond donors (Lipinski definition) is 0. The van der Waals surface area contributed by atoms with Crippen LogP contribution in [0.1, 0.15) is 17.8 Å². The summed E-state index contributed by atoms with van der Waals surface area (Å²) in [7, 11) is 0. The maximum atomic E-state index is 5.91. The van der Waals surface area contributed by atoms with Gasteiger partial charge in [-0.25, -0.2) is 4.98 Å². The average molecular weight is 398 g/mol. The Morgan fingerprint density at radius 1 is 1.00 bits per heavy atom. The number of ether oxygens (including phenoxy) is 1. The van der Waals surface area contributed by atoms with Crippen LogP contribution in [-0.2, 0) is 6.42 Å². The Labute approximate surface area is 165 Å². The Morgan fingerprint density at radius 2 is 1.74 bits per heavy atom. The maximum Gasteiger partial charge on any atom is 0.233 e. The molecule has 0 unspecified atom stereocenters. The molecule has 0 saturated heterocycles. The van der Waals surface area contributed by atoms with Crippen LogP contribution in [0.5, 0.6) is 5.75 Å². The molecule has 0 fully saturated rings. The first-order valence-corrected chi connectivity index (χ1v) is 9.73. The van der Waals surface area contributed by atoms with Gasteiger partial charge < -0.3 is 9.26 Å². The first kappa shape index (κ1) is 17.7. The van der Waals surface area contributed by atoms with Crippen LogP contribution in [0.3, 0.4) is 0 Å². The number of halogens is 1. The monoisotopic (exact) mass is 397 g/mol. The van der Waals surface area contributed by atoms with Gasteiger partial charge in [0.15, 0.2) is 0 Å². The molecule has 0 atom stereocenters. The lowest BCUT2D eigenvalue weighted by Gasteiger charge is -2.03. The lowest BCUT2D eigenvalue weighted by Crippen LogP contribution is -1.91. The average Bonchev–Trinajstić information content (AvgIpc) is 3.34. The second-order valence-corrected chi connectivity index (χ2v) is 7.16. The highest BCUT2D eigenvalue weighted by Crippen LogP contribution is 2.26. The van der Waals surface area contributed by atoms with E-state index in [1.807, 2.05) is 48.7 Å². The van der Waals surface area contributed by atoms with Crippen molar-refractivity contribution in [2.75, 3.05) is 6.61 Å². The highest BCUT2D eigenvalue weighted by molar-refractivity contribution is 7.10. The fourth-order valence-electron chi connectivity index (χ4n) is 2.59. The minimum absolute atomic E-state index is 0.502. The van der Waals surface area contributed by atoms with Gasteiger partial charge in [0, 0.05) is 21.5 Å². The van der Waals surface area contributed by atoms with Crippen LogP contribution in [0, 0.1) is 0 Å². The number of benzene rings is 2. The Bertz CT molecular complexity index is 1030. The normalized spacial score (nSPS) is 10.9. The second-order valence-electron chi connectivity index (χ2n) is 5.78. The number of nitrogens with zero attached hydrogens (tertiary/aromatic N) is 3. The number of rotatable bonds is 6. The summed E-state index contributed by atoms with van der Waals surface area (Å²) in [5, 5.41) is 7.66. The maximum absolute atomic E-state index is 5.91. The third kappa shape index (κ3) is 4.18. The predicted molar refractivity (Wildman–Crippen MR) is 106 cm³/mol. The Morgan fingerprint density at radius 3 is 2.48 bits per heavy atom. The summed E-state index contributed by atoms with van der Waals surface area (Å²) < 4.78 is 10.8. The Hall–Kier alpha value is -2.70. The fraction of sp³-hybridized carbons (Fsp3) is 0.150. The summed E-state index contributed by atoms with van der Waals surface area (Å²) in [6.45, 7) is 2.62. The van der Waals surface area contributed by atoms with E-state index in [1.165, 1.54) is 0 Å². The van der Waals surface area contributed by atoms with Crippen molar-refractivity contribution < 1.29 is 9.26 Å². The van der Waals surface area contributed by atoms with E-state index in [0.29, 0.717) is 29.8 Å². The molecule has 7 heteroatoms. The molecule has 0 aliphatic heterocycles. The summed E-state index contributed by atoms with van der Waals surface area (Å²) in [4.78, 5) is 9.13. The molecule has 2 aromatic carbocycles. The minimum Gasteiger partial charge on any atom is -0.494 e. The van der Waals surface area contributed by atoms with Gasteiger partial charge in [-0.1, -0.05) is 16.8 Å². The van der Waals surface area contributed by atoms with Gasteiger partial charge in [-0.2, -0.15) is 4.98 Å². The van der Waals surface area contributed by atoms with E-state index >= 15 is 0 Å². The van der Waals surface area contributed by atoms with Crippen molar-refractivity contribution in [3.63, 3.8) is 0 Å². The number of hydrogen-bond acceptors (Lipinski definition) is 6. The van der Waals surface area contributed by atoms with Gasteiger partial charge >= 0.3 is 0 Å². The summed E-state index contributed by atoms with van der Waals surface area (Å²) in [5.74, 6) is 1.94. The van der Waals surface area contributed by atoms with E-state index < -0.39 is 0 Å². The standard InChI is InChI=1S/C20H16ClN3O2S/c1-2-25-16-9-5-13(6-10-16)17-12-27-19(22-17)11-18-23-20(24-26-18)14-3-7-15(21)8-4-14/h3-10,12H,2,11H2,1H3. The van der Waals surface area contributed by atoms with E-state index in [0.717, 1.165) is 27.6 Å². The van der Waals surface area contributed by atoms with Gasteiger partial charge in [0.1, 0.15) is 10.8 Å². The Kier molecular flexibility index (Phi) is 5.18. The first-order chi connectivity index (χ1) is 13.2. The van der Waals surface area contributed by atoms with Crippen molar-refractivity contribution in [2.45, 2.75) is 13.3 Å². The lowest BCUT2D eigenvalue weighted by atomic mass is 10.2. The van der Waals surface area contributed by atoms with Crippen LogP contribution in [0.4, 0.5) is 0 Å². The third-order valence-electron chi connectivity index (χ3n) is 3.89. The van der Waals surface area contributed by atoms with Gasteiger partial charge in [0.05, 0.1) is 18.7 Å². The molecular weight excluding hydrogens is 382 g/mol. The van der Waals surface area contributed by atoms with Crippen LogP contribution in [-0.4, -0.2) is 21.7 Å². The van der Waals surface area contributed by atoms with Crippen molar-refractivity contribution in [3.8, 4) is 28.4 Å². The van der Waals surface area contributed by atoms with Crippen LogP contribution in [0.2, 0.25) is 5.02 Å². The zero-order valence-electron chi connectivity index (χ0n) is 14.6. The molecule has 0 spiro atoms. The van der Waals surface area contributed by atoms with Gasteiger partial charge in [-0.3, -0.25) is 0 Å². The zero-order chi connectivity index (χ0) is 18.6. The number of aromatic nitrogens is 3. The molecule has 0 amide bonds. The molecule has 0 radical (unpaired) electrons. The molecule has 2 heterocycles. The van der Waals surface area contributed by atoms with Crippen molar-refractivity contribution in [1.82, 2.24) is 15.1 Å². The minimum atomic E-state index is 0.502. The highest BCUT2D eigenvalue weighted by Gasteiger charge is 2.12. The van der Waals surface area contributed by atoms with E-state index in [9.17, 15) is 0 Å². The van der Waals surface area contributed by atoms with Gasteiger partial charge in [-0.05, 0) is 55.5 Å². The largest absolute Gasteiger partial charge is 0.494 e. The van der Waals surface area contributed by atoms with Crippen molar-refractivity contribution in [2.24, 2.45) is 0 Å². The molecule has 0 N–H and O–H groups in total. The lowest BCUT2D eigenvalue weighted by molar-refractivity contribution is 0.340. The second kappa shape index (κ2) is 7.90. The fourth-order valence-corrected chi connectivity index (χ4v) is 3.51. The molecular formula is C20H16ClN3O2S. The molecule has 4 rings (SSSR count). The Balaban J connectivity index is 1.47. The molecule has 0 bridgehead atoms. The molecule has 136 valence electrons. The summed E-state index contributed by atoms with van der Waals surface area (Å²) >= 11 is 7.48. The van der Waals surface area contributed by atoms with Gasteiger partial charge in [-0.15, -0.1) is 11.3 Å². The summed E-state index contributed by atoms with van der Waals surface area (Å²) in [6, 6.07) is 15.3. The molecule has 0 saturated carbocycles. The van der Waals surface area contributed by atoms with Crippen molar-refractivity contribution >= 4 is 22.9 Å². The van der Waals surface area contributed by atoms with E-state index in [1.54, 1.807) is 23.5 Å². The summed E-state index contributed by atoms with van der Waals surface area (Å²) in [6.07, 6.45) is 0.502. The van der Waals surface area contributed by atoms with Crippen molar-refractivity contribution in [1.29, 1.82) is 0 Å². The molecule has 0 aliphatic carbocycles. The number of thiazole rings is 1. The van der Waals surface area contributed by atoms with Crippen LogP contribution in [0.25, 0.3) is 22.6 Å².